The Morgan fingerprint density at radius 1 is 1.40 bits per heavy atom. The molecule has 0 spiro atoms. The van der Waals surface area contributed by atoms with Crippen LogP contribution < -0.4 is 0 Å². The molecule has 1 N–H and O–H groups in total. The van der Waals surface area contributed by atoms with Crippen LogP contribution in [-0.4, -0.2) is 10.8 Å². The predicted octanol–water partition coefficient (Wildman–Crippen LogP) is 2.44. The molecule has 0 heterocycles. The quantitative estimate of drug-likeness (QED) is 0.355. The minimum atomic E-state index is 0.140. The molecule has 56 valence electrons. The van der Waals surface area contributed by atoms with E-state index in [0.717, 1.165) is 5.71 Å². The molecular weight excluding hydrogens is 126 g/mol. The summed E-state index contributed by atoms with van der Waals surface area (Å²) in [6.45, 7) is 8.90. The summed E-state index contributed by atoms with van der Waals surface area (Å²) in [5.74, 6) is 0.140. The zero-order chi connectivity index (χ0) is 8.15. The monoisotopic (exact) mass is 139 g/mol. The van der Waals surface area contributed by atoms with E-state index in [9.17, 15) is 0 Å². The van der Waals surface area contributed by atoms with Crippen LogP contribution in [0, 0.1) is 0 Å². The molecule has 0 radical (unpaired) electrons. The molecule has 0 saturated carbocycles. The van der Waals surface area contributed by atoms with Gasteiger partial charge in [-0.25, -0.2) is 0 Å². The lowest BCUT2D eigenvalue weighted by atomic mass is 10.4. The van der Waals surface area contributed by atoms with Gasteiger partial charge in [-0.05, 0) is 26.8 Å². The summed E-state index contributed by atoms with van der Waals surface area (Å²) in [5, 5.41) is 9.03. The molecule has 2 heteroatoms. The average molecular weight is 139 g/mol. The fourth-order valence-corrected chi connectivity index (χ4v) is 0.540. The van der Waals surface area contributed by atoms with Crippen LogP contribution in [0.3, 0.4) is 0 Å². The molecule has 10 heavy (non-hydrogen) atoms. The predicted molar refractivity (Wildman–Crippen MR) is 44.3 cm³/mol. The number of allylic oxidation sites excluding steroid dienone is 2. The highest BCUT2D eigenvalue weighted by Crippen LogP contribution is 2.02. The number of nitrogens with zero attached hydrogens (tertiary/aromatic N) is 1. The zero-order valence-electron chi connectivity index (χ0n) is 6.68. The van der Waals surface area contributed by atoms with E-state index in [0.29, 0.717) is 5.70 Å². The standard InChI is InChI=1S/C8H13NO/c1-5-8(10)7(4)9-6(2)3/h5,10H,1H2,2-4H3/b8-7+. The Balaban J connectivity index is 4.48. The molecule has 0 aromatic carbocycles. The maximum Gasteiger partial charge on any atom is 0.136 e. The third-order valence-corrected chi connectivity index (χ3v) is 0.955. The van der Waals surface area contributed by atoms with Crippen LogP contribution in [0.4, 0.5) is 0 Å². The summed E-state index contributed by atoms with van der Waals surface area (Å²) in [7, 11) is 0. The minimum Gasteiger partial charge on any atom is -0.506 e. The van der Waals surface area contributed by atoms with Crippen molar-refractivity contribution in [1.82, 2.24) is 0 Å². The van der Waals surface area contributed by atoms with E-state index < -0.39 is 0 Å². The Morgan fingerprint density at radius 3 is 2.20 bits per heavy atom. The van der Waals surface area contributed by atoms with Crippen LogP contribution >= 0.6 is 0 Å². The molecule has 0 aromatic rings. The molecule has 0 aliphatic carbocycles. The molecule has 0 fully saturated rings. The van der Waals surface area contributed by atoms with Gasteiger partial charge in [-0.15, -0.1) is 0 Å². The van der Waals surface area contributed by atoms with Crippen LogP contribution in [0.25, 0.3) is 0 Å². The molecule has 0 amide bonds. The van der Waals surface area contributed by atoms with Crippen molar-refractivity contribution in [3.8, 4) is 0 Å². The molecular formula is C8H13NO. The molecule has 0 bridgehead atoms. The van der Waals surface area contributed by atoms with E-state index in [2.05, 4.69) is 11.6 Å². The van der Waals surface area contributed by atoms with Crippen molar-refractivity contribution >= 4 is 5.71 Å². The van der Waals surface area contributed by atoms with Crippen LogP contribution in [0.1, 0.15) is 20.8 Å². The topological polar surface area (TPSA) is 32.6 Å². The number of hydrogen-bond donors (Lipinski definition) is 1. The summed E-state index contributed by atoms with van der Waals surface area (Å²) in [6.07, 6.45) is 1.38. The lowest BCUT2D eigenvalue weighted by Gasteiger charge is -1.95. The lowest BCUT2D eigenvalue weighted by molar-refractivity contribution is 0.425. The number of rotatable bonds is 2. The molecule has 2 nitrogen and oxygen atoms in total. The number of hydrogen-bond acceptors (Lipinski definition) is 2. The molecule has 0 unspecified atom stereocenters. The molecule has 0 atom stereocenters. The van der Waals surface area contributed by atoms with Gasteiger partial charge < -0.3 is 5.11 Å². The first kappa shape index (κ1) is 8.95. The highest BCUT2D eigenvalue weighted by Gasteiger charge is 1.91. The SMILES string of the molecule is C=C/C(O)=C(/C)N=C(C)C. The summed E-state index contributed by atoms with van der Waals surface area (Å²) in [6, 6.07) is 0. The van der Waals surface area contributed by atoms with Crippen molar-refractivity contribution in [2.24, 2.45) is 4.99 Å². The van der Waals surface area contributed by atoms with Crippen LogP contribution in [-0.2, 0) is 0 Å². The highest BCUT2D eigenvalue weighted by atomic mass is 16.3. The van der Waals surface area contributed by atoms with Crippen LogP contribution in [0.15, 0.2) is 29.1 Å². The molecule has 0 rings (SSSR count). The maximum absolute atomic E-state index is 9.03. The largest absolute Gasteiger partial charge is 0.506 e. The highest BCUT2D eigenvalue weighted by molar-refractivity contribution is 5.80. The Morgan fingerprint density at radius 2 is 1.90 bits per heavy atom. The Labute approximate surface area is 61.6 Å². The van der Waals surface area contributed by atoms with Gasteiger partial charge in [0.15, 0.2) is 0 Å². The second kappa shape index (κ2) is 3.88. The summed E-state index contributed by atoms with van der Waals surface area (Å²) in [5.41, 5.74) is 1.53. The van der Waals surface area contributed by atoms with E-state index in [1.54, 1.807) is 6.92 Å². The van der Waals surface area contributed by atoms with Gasteiger partial charge >= 0.3 is 0 Å². The zero-order valence-corrected chi connectivity index (χ0v) is 6.68. The van der Waals surface area contributed by atoms with Crippen LogP contribution in [0.2, 0.25) is 0 Å². The van der Waals surface area contributed by atoms with Crippen molar-refractivity contribution in [1.29, 1.82) is 0 Å². The Bertz CT molecular complexity index is 185. The van der Waals surface area contributed by atoms with Crippen molar-refractivity contribution in [3.63, 3.8) is 0 Å². The van der Waals surface area contributed by atoms with E-state index in [-0.39, 0.29) is 5.76 Å². The van der Waals surface area contributed by atoms with Gasteiger partial charge in [0.2, 0.25) is 0 Å². The van der Waals surface area contributed by atoms with E-state index in [4.69, 9.17) is 5.11 Å². The summed E-state index contributed by atoms with van der Waals surface area (Å²) in [4.78, 5) is 4.02. The van der Waals surface area contributed by atoms with Crippen molar-refractivity contribution in [2.45, 2.75) is 20.8 Å². The molecule has 0 aliphatic heterocycles. The molecule has 0 aliphatic rings. The van der Waals surface area contributed by atoms with Crippen molar-refractivity contribution in [2.75, 3.05) is 0 Å². The lowest BCUT2D eigenvalue weighted by Crippen LogP contribution is -1.85. The van der Waals surface area contributed by atoms with Gasteiger partial charge in [0.1, 0.15) is 5.76 Å². The summed E-state index contributed by atoms with van der Waals surface area (Å²) < 4.78 is 0. The normalized spacial score (nSPS) is 11.9. The second-order valence-corrected chi connectivity index (χ2v) is 2.23. The first-order valence-corrected chi connectivity index (χ1v) is 3.12. The van der Waals surface area contributed by atoms with Gasteiger partial charge in [-0.2, -0.15) is 0 Å². The van der Waals surface area contributed by atoms with Crippen molar-refractivity contribution < 1.29 is 5.11 Å². The first-order valence-electron chi connectivity index (χ1n) is 3.12. The fraction of sp³-hybridized carbons (Fsp3) is 0.375. The van der Waals surface area contributed by atoms with Gasteiger partial charge in [-0.3, -0.25) is 4.99 Å². The Hall–Kier alpha value is -1.05. The van der Waals surface area contributed by atoms with E-state index >= 15 is 0 Å². The first-order chi connectivity index (χ1) is 4.57. The third kappa shape index (κ3) is 3.07. The third-order valence-electron chi connectivity index (χ3n) is 0.955. The van der Waals surface area contributed by atoms with Gasteiger partial charge in [-0.1, -0.05) is 6.58 Å². The van der Waals surface area contributed by atoms with Crippen molar-refractivity contribution in [3.05, 3.63) is 24.1 Å². The van der Waals surface area contributed by atoms with Gasteiger partial charge in [0.25, 0.3) is 0 Å². The van der Waals surface area contributed by atoms with E-state index in [1.807, 2.05) is 13.8 Å². The smallest absolute Gasteiger partial charge is 0.136 e. The van der Waals surface area contributed by atoms with Gasteiger partial charge in [0, 0.05) is 5.71 Å². The minimum absolute atomic E-state index is 0.140. The number of aliphatic hydroxyl groups is 1. The number of aliphatic imine (C=N–C) groups is 1. The summed E-state index contributed by atoms with van der Waals surface area (Å²) >= 11 is 0. The molecule has 0 aromatic heterocycles. The number of aliphatic hydroxyl groups excluding tert-OH is 1. The Kier molecular flexibility index (Phi) is 3.47. The maximum atomic E-state index is 9.03. The second-order valence-electron chi connectivity index (χ2n) is 2.23. The van der Waals surface area contributed by atoms with E-state index in [1.165, 1.54) is 6.08 Å². The van der Waals surface area contributed by atoms with Gasteiger partial charge in [0.05, 0.1) is 5.70 Å². The van der Waals surface area contributed by atoms with Crippen LogP contribution in [0.5, 0.6) is 0 Å². The average Bonchev–Trinajstić information content (AvgIpc) is 1.85. The molecule has 0 saturated heterocycles. The fourth-order valence-electron chi connectivity index (χ4n) is 0.540.